The summed E-state index contributed by atoms with van der Waals surface area (Å²) >= 11 is 0. The molecule has 0 aliphatic carbocycles. The first-order valence-electron chi connectivity index (χ1n) is 4.91. The fraction of sp³-hybridized carbons (Fsp3) is 0.600. The highest BCUT2D eigenvalue weighted by atomic mass is 16.5. The molecule has 0 unspecified atom stereocenters. The van der Waals surface area contributed by atoms with Crippen molar-refractivity contribution in [2.24, 2.45) is 0 Å². The van der Waals surface area contributed by atoms with Crippen molar-refractivity contribution in [2.75, 3.05) is 19.0 Å². The normalized spacial score (nSPS) is 14.0. The molecule has 0 radical (unpaired) electrons. The first-order chi connectivity index (χ1) is 6.72. The lowest BCUT2D eigenvalue weighted by Crippen LogP contribution is -2.03. The Balaban J connectivity index is 2.49. The average molecular weight is 193 g/mol. The summed E-state index contributed by atoms with van der Waals surface area (Å²) < 4.78 is 5.22. The Morgan fingerprint density at radius 1 is 1.36 bits per heavy atom. The molecule has 4 nitrogen and oxygen atoms in total. The lowest BCUT2D eigenvalue weighted by Gasteiger charge is -2.11. The van der Waals surface area contributed by atoms with Crippen LogP contribution in [0.4, 0.5) is 5.82 Å². The number of aromatic nitrogens is 2. The Kier molecular flexibility index (Phi) is 2.27. The van der Waals surface area contributed by atoms with Crippen LogP contribution in [-0.2, 0) is 6.42 Å². The Morgan fingerprint density at radius 3 is 2.79 bits per heavy atom. The summed E-state index contributed by atoms with van der Waals surface area (Å²) in [6, 6.07) is 0. The zero-order valence-electron chi connectivity index (χ0n) is 8.79. The number of hydrogen-bond acceptors (Lipinski definition) is 4. The molecular formula is C10H15N3O. The number of nitrogens with zero attached hydrogens (tertiary/aromatic N) is 2. The third-order valence-electron chi connectivity index (χ3n) is 2.36. The minimum absolute atomic E-state index is 0.350. The fourth-order valence-corrected chi connectivity index (χ4v) is 1.61. The smallest absolute Gasteiger partial charge is 0.237 e. The Labute approximate surface area is 83.7 Å². The van der Waals surface area contributed by atoms with Crippen LogP contribution in [0, 0.1) is 0 Å². The minimum atomic E-state index is 0.350. The van der Waals surface area contributed by atoms with Crippen molar-refractivity contribution < 1.29 is 4.74 Å². The molecule has 1 aromatic heterocycles. The van der Waals surface area contributed by atoms with E-state index in [4.69, 9.17) is 4.74 Å². The number of fused-ring (bicyclic) bond motifs is 1. The average Bonchev–Trinajstić information content (AvgIpc) is 2.62. The first kappa shape index (κ1) is 9.24. The third kappa shape index (κ3) is 1.41. The van der Waals surface area contributed by atoms with Crippen molar-refractivity contribution in [2.45, 2.75) is 26.2 Å². The zero-order valence-corrected chi connectivity index (χ0v) is 8.79. The Bertz CT molecular complexity index is 349. The largest absolute Gasteiger partial charge is 0.480 e. The van der Waals surface area contributed by atoms with Gasteiger partial charge in [0.1, 0.15) is 5.69 Å². The van der Waals surface area contributed by atoms with Crippen LogP contribution >= 0.6 is 0 Å². The summed E-state index contributed by atoms with van der Waals surface area (Å²) in [6.07, 6.45) is 0.964. The predicted octanol–water partition coefficient (Wildman–Crippen LogP) is 1.58. The van der Waals surface area contributed by atoms with Crippen LogP contribution in [0.1, 0.15) is 31.2 Å². The van der Waals surface area contributed by atoms with Crippen LogP contribution in [0.2, 0.25) is 0 Å². The Morgan fingerprint density at radius 2 is 2.14 bits per heavy atom. The number of methoxy groups -OCH3 is 1. The van der Waals surface area contributed by atoms with Gasteiger partial charge in [0.2, 0.25) is 5.88 Å². The molecule has 1 aliphatic rings. The molecular weight excluding hydrogens is 178 g/mol. The molecule has 0 atom stereocenters. The highest BCUT2D eigenvalue weighted by molar-refractivity contribution is 5.48. The molecule has 2 rings (SSSR count). The molecule has 1 aliphatic heterocycles. The third-order valence-corrected chi connectivity index (χ3v) is 2.36. The van der Waals surface area contributed by atoms with Crippen molar-refractivity contribution >= 4 is 5.82 Å². The molecule has 4 heteroatoms. The summed E-state index contributed by atoms with van der Waals surface area (Å²) in [4.78, 5) is 8.97. The van der Waals surface area contributed by atoms with Gasteiger partial charge in [0, 0.05) is 18.9 Å². The second-order valence-corrected chi connectivity index (χ2v) is 3.74. The number of rotatable bonds is 2. The number of anilines is 1. The number of hydrogen-bond donors (Lipinski definition) is 1. The lowest BCUT2D eigenvalue weighted by molar-refractivity contribution is 0.387. The predicted molar refractivity (Wildman–Crippen MR) is 54.9 cm³/mol. The van der Waals surface area contributed by atoms with Crippen molar-refractivity contribution in [1.29, 1.82) is 0 Å². The summed E-state index contributed by atoms with van der Waals surface area (Å²) in [5.74, 6) is 1.88. The van der Waals surface area contributed by atoms with Gasteiger partial charge in [-0.2, -0.15) is 4.98 Å². The monoisotopic (exact) mass is 193 g/mol. The molecule has 0 aromatic carbocycles. The SMILES string of the molecule is COc1nc2c(nc1C(C)C)CCN2. The van der Waals surface area contributed by atoms with Crippen LogP contribution in [0.3, 0.4) is 0 Å². The van der Waals surface area contributed by atoms with E-state index in [9.17, 15) is 0 Å². The molecule has 76 valence electrons. The van der Waals surface area contributed by atoms with Gasteiger partial charge in [0.05, 0.1) is 12.8 Å². The summed E-state index contributed by atoms with van der Waals surface area (Å²) in [6.45, 7) is 5.13. The van der Waals surface area contributed by atoms with E-state index in [1.165, 1.54) is 0 Å². The number of ether oxygens (including phenoxy) is 1. The molecule has 1 N–H and O–H groups in total. The standard InChI is InChI=1S/C10H15N3O/c1-6(2)8-10(14-3)13-9-7(12-8)4-5-11-9/h6H,4-5H2,1-3H3,(H,11,13). The van der Waals surface area contributed by atoms with E-state index < -0.39 is 0 Å². The van der Waals surface area contributed by atoms with E-state index >= 15 is 0 Å². The number of nitrogens with one attached hydrogen (secondary N) is 1. The first-order valence-corrected chi connectivity index (χ1v) is 4.91. The van der Waals surface area contributed by atoms with Gasteiger partial charge in [-0.05, 0) is 0 Å². The van der Waals surface area contributed by atoms with Crippen LogP contribution < -0.4 is 10.1 Å². The highest BCUT2D eigenvalue weighted by Crippen LogP contribution is 2.27. The molecule has 1 aromatic rings. The maximum atomic E-state index is 5.22. The molecule has 0 saturated carbocycles. The quantitative estimate of drug-likeness (QED) is 0.774. The molecule has 14 heavy (non-hydrogen) atoms. The molecule has 0 bridgehead atoms. The molecule has 0 amide bonds. The van der Waals surface area contributed by atoms with E-state index in [0.717, 1.165) is 30.2 Å². The van der Waals surface area contributed by atoms with Gasteiger partial charge in [-0.1, -0.05) is 13.8 Å². The maximum absolute atomic E-state index is 5.22. The van der Waals surface area contributed by atoms with Crippen molar-refractivity contribution in [3.05, 3.63) is 11.4 Å². The van der Waals surface area contributed by atoms with Gasteiger partial charge in [-0.25, -0.2) is 4.98 Å². The van der Waals surface area contributed by atoms with E-state index in [1.54, 1.807) is 7.11 Å². The summed E-state index contributed by atoms with van der Waals surface area (Å²) in [5.41, 5.74) is 2.02. The van der Waals surface area contributed by atoms with E-state index in [-0.39, 0.29) is 0 Å². The van der Waals surface area contributed by atoms with Gasteiger partial charge in [0.15, 0.2) is 5.82 Å². The molecule has 2 heterocycles. The topological polar surface area (TPSA) is 47.0 Å². The fourth-order valence-electron chi connectivity index (χ4n) is 1.61. The van der Waals surface area contributed by atoms with Gasteiger partial charge >= 0.3 is 0 Å². The molecule has 0 saturated heterocycles. The zero-order chi connectivity index (χ0) is 10.1. The van der Waals surface area contributed by atoms with Gasteiger partial charge in [0.25, 0.3) is 0 Å². The summed E-state index contributed by atoms with van der Waals surface area (Å²) in [5, 5.41) is 3.19. The van der Waals surface area contributed by atoms with Gasteiger partial charge in [-0.15, -0.1) is 0 Å². The maximum Gasteiger partial charge on any atom is 0.237 e. The van der Waals surface area contributed by atoms with Crippen molar-refractivity contribution in [3.63, 3.8) is 0 Å². The van der Waals surface area contributed by atoms with Crippen molar-refractivity contribution in [3.8, 4) is 5.88 Å². The van der Waals surface area contributed by atoms with Crippen LogP contribution in [0.25, 0.3) is 0 Å². The second kappa shape index (κ2) is 3.44. The minimum Gasteiger partial charge on any atom is -0.480 e. The summed E-state index contributed by atoms with van der Waals surface area (Å²) in [7, 11) is 1.64. The molecule has 0 fully saturated rings. The lowest BCUT2D eigenvalue weighted by atomic mass is 10.1. The second-order valence-electron chi connectivity index (χ2n) is 3.74. The highest BCUT2D eigenvalue weighted by Gasteiger charge is 2.19. The molecule has 0 spiro atoms. The van der Waals surface area contributed by atoms with E-state index in [2.05, 4.69) is 29.1 Å². The van der Waals surface area contributed by atoms with E-state index in [0.29, 0.717) is 11.8 Å². The van der Waals surface area contributed by atoms with Crippen LogP contribution in [0.15, 0.2) is 0 Å². The van der Waals surface area contributed by atoms with Gasteiger partial charge in [-0.3, -0.25) is 0 Å². The van der Waals surface area contributed by atoms with E-state index in [1.807, 2.05) is 0 Å². The van der Waals surface area contributed by atoms with Crippen LogP contribution in [0.5, 0.6) is 5.88 Å². The van der Waals surface area contributed by atoms with Gasteiger partial charge < -0.3 is 10.1 Å². The van der Waals surface area contributed by atoms with Crippen LogP contribution in [-0.4, -0.2) is 23.6 Å². The Hall–Kier alpha value is -1.32. The van der Waals surface area contributed by atoms with Crippen molar-refractivity contribution in [1.82, 2.24) is 9.97 Å².